The zero-order chi connectivity index (χ0) is 13.2. The van der Waals surface area contributed by atoms with Gasteiger partial charge in [0.25, 0.3) is 0 Å². The number of nitrogens with zero attached hydrogens (tertiary/aromatic N) is 1. The van der Waals surface area contributed by atoms with Crippen molar-refractivity contribution in [1.29, 1.82) is 0 Å². The van der Waals surface area contributed by atoms with Crippen LogP contribution in [0.1, 0.15) is 0 Å². The number of aromatic hydroxyl groups is 1. The standard InChI is InChI=1S/C15H10BrNO2/c16-11-2-5-13(6-3-11)19-15-14-9-12(18)4-1-10(14)7-8-17-15/h1-9,18H. The maximum Gasteiger partial charge on any atom is 0.227 e. The Bertz CT molecular complexity index is 726. The van der Waals surface area contributed by atoms with E-state index in [2.05, 4.69) is 20.9 Å². The molecule has 1 N–H and O–H groups in total. The summed E-state index contributed by atoms with van der Waals surface area (Å²) in [4.78, 5) is 4.22. The largest absolute Gasteiger partial charge is 0.508 e. The van der Waals surface area contributed by atoms with Gasteiger partial charge >= 0.3 is 0 Å². The van der Waals surface area contributed by atoms with Crippen LogP contribution in [0.25, 0.3) is 10.8 Å². The third kappa shape index (κ3) is 2.53. The van der Waals surface area contributed by atoms with Crippen molar-refractivity contribution in [2.45, 2.75) is 0 Å². The van der Waals surface area contributed by atoms with Crippen LogP contribution in [0.2, 0.25) is 0 Å². The van der Waals surface area contributed by atoms with Crippen molar-refractivity contribution in [3.8, 4) is 17.4 Å². The second-order valence-electron chi connectivity index (χ2n) is 4.08. The summed E-state index contributed by atoms with van der Waals surface area (Å²) < 4.78 is 6.75. The maximum atomic E-state index is 9.57. The predicted octanol–water partition coefficient (Wildman–Crippen LogP) is 4.50. The van der Waals surface area contributed by atoms with E-state index in [0.29, 0.717) is 11.6 Å². The van der Waals surface area contributed by atoms with Gasteiger partial charge in [-0.2, -0.15) is 0 Å². The molecule has 0 saturated heterocycles. The molecule has 0 aliphatic rings. The Labute approximate surface area is 118 Å². The van der Waals surface area contributed by atoms with E-state index in [-0.39, 0.29) is 5.75 Å². The van der Waals surface area contributed by atoms with Crippen LogP contribution in [-0.2, 0) is 0 Å². The Morgan fingerprint density at radius 1 is 1.00 bits per heavy atom. The van der Waals surface area contributed by atoms with Crippen molar-refractivity contribution in [2.24, 2.45) is 0 Å². The molecule has 0 spiro atoms. The number of fused-ring (bicyclic) bond motifs is 1. The summed E-state index contributed by atoms with van der Waals surface area (Å²) in [6.07, 6.45) is 1.69. The molecule has 94 valence electrons. The van der Waals surface area contributed by atoms with E-state index in [1.54, 1.807) is 18.3 Å². The molecule has 0 atom stereocenters. The van der Waals surface area contributed by atoms with Crippen molar-refractivity contribution in [1.82, 2.24) is 4.98 Å². The molecule has 0 fully saturated rings. The number of phenols is 1. The first-order chi connectivity index (χ1) is 9.22. The Morgan fingerprint density at radius 2 is 1.79 bits per heavy atom. The summed E-state index contributed by atoms with van der Waals surface area (Å²) in [6, 6.07) is 14.5. The Balaban J connectivity index is 2.05. The summed E-state index contributed by atoms with van der Waals surface area (Å²) >= 11 is 3.38. The van der Waals surface area contributed by atoms with Crippen LogP contribution in [0.3, 0.4) is 0 Å². The first kappa shape index (κ1) is 12.0. The number of phenolic OH excluding ortho intramolecular Hbond substituents is 1. The maximum absolute atomic E-state index is 9.57. The highest BCUT2D eigenvalue weighted by atomic mass is 79.9. The molecule has 2 aromatic carbocycles. The lowest BCUT2D eigenvalue weighted by Crippen LogP contribution is -1.89. The molecule has 19 heavy (non-hydrogen) atoms. The number of halogens is 1. The van der Waals surface area contributed by atoms with Crippen LogP contribution < -0.4 is 4.74 Å². The number of rotatable bonds is 2. The molecular formula is C15H10BrNO2. The van der Waals surface area contributed by atoms with E-state index < -0.39 is 0 Å². The number of pyridine rings is 1. The average molecular weight is 316 g/mol. The Hall–Kier alpha value is -2.07. The molecule has 3 rings (SSSR count). The van der Waals surface area contributed by atoms with Crippen molar-refractivity contribution in [2.75, 3.05) is 0 Å². The van der Waals surface area contributed by atoms with E-state index >= 15 is 0 Å². The summed E-state index contributed by atoms with van der Waals surface area (Å²) in [7, 11) is 0. The topological polar surface area (TPSA) is 42.4 Å². The highest BCUT2D eigenvalue weighted by Gasteiger charge is 2.06. The van der Waals surface area contributed by atoms with Gasteiger partial charge in [0.05, 0.1) is 0 Å². The van der Waals surface area contributed by atoms with E-state index in [4.69, 9.17) is 4.74 Å². The van der Waals surface area contributed by atoms with Crippen LogP contribution in [0.15, 0.2) is 59.2 Å². The normalized spacial score (nSPS) is 10.6. The third-order valence-corrected chi connectivity index (χ3v) is 3.27. The van der Waals surface area contributed by atoms with Gasteiger partial charge in [-0.1, -0.05) is 22.0 Å². The monoisotopic (exact) mass is 315 g/mol. The first-order valence-corrected chi connectivity index (χ1v) is 6.53. The van der Waals surface area contributed by atoms with E-state index in [9.17, 15) is 5.11 Å². The van der Waals surface area contributed by atoms with Crippen molar-refractivity contribution in [3.63, 3.8) is 0 Å². The molecule has 0 amide bonds. The molecule has 0 aliphatic carbocycles. The van der Waals surface area contributed by atoms with Gasteiger partial charge in [-0.3, -0.25) is 0 Å². The van der Waals surface area contributed by atoms with Gasteiger partial charge in [0.2, 0.25) is 5.88 Å². The van der Waals surface area contributed by atoms with Crippen LogP contribution in [0.4, 0.5) is 0 Å². The van der Waals surface area contributed by atoms with Gasteiger partial charge in [0.1, 0.15) is 11.5 Å². The van der Waals surface area contributed by atoms with Gasteiger partial charge in [-0.25, -0.2) is 4.98 Å². The molecule has 0 aliphatic heterocycles. The molecule has 3 aromatic rings. The predicted molar refractivity (Wildman–Crippen MR) is 77.6 cm³/mol. The fraction of sp³-hybridized carbons (Fsp3) is 0. The van der Waals surface area contributed by atoms with Crippen LogP contribution in [0.5, 0.6) is 17.4 Å². The number of benzene rings is 2. The molecule has 1 aromatic heterocycles. The second kappa shape index (κ2) is 4.90. The van der Waals surface area contributed by atoms with Gasteiger partial charge in [0, 0.05) is 16.1 Å². The zero-order valence-corrected chi connectivity index (χ0v) is 11.5. The Kier molecular flexibility index (Phi) is 3.09. The molecule has 3 nitrogen and oxygen atoms in total. The number of hydrogen-bond acceptors (Lipinski definition) is 3. The highest BCUT2D eigenvalue weighted by molar-refractivity contribution is 9.10. The third-order valence-electron chi connectivity index (χ3n) is 2.74. The molecule has 0 unspecified atom stereocenters. The van der Waals surface area contributed by atoms with Crippen molar-refractivity contribution >= 4 is 26.7 Å². The van der Waals surface area contributed by atoms with E-state index in [0.717, 1.165) is 15.2 Å². The van der Waals surface area contributed by atoms with Gasteiger partial charge < -0.3 is 9.84 Å². The van der Waals surface area contributed by atoms with Crippen molar-refractivity contribution < 1.29 is 9.84 Å². The smallest absolute Gasteiger partial charge is 0.227 e. The quantitative estimate of drug-likeness (QED) is 0.757. The van der Waals surface area contributed by atoms with Crippen molar-refractivity contribution in [3.05, 3.63) is 59.2 Å². The minimum absolute atomic E-state index is 0.196. The fourth-order valence-electron chi connectivity index (χ4n) is 1.83. The first-order valence-electron chi connectivity index (χ1n) is 5.73. The second-order valence-corrected chi connectivity index (χ2v) is 4.99. The summed E-state index contributed by atoms with van der Waals surface area (Å²) in [6.45, 7) is 0. The summed E-state index contributed by atoms with van der Waals surface area (Å²) in [5.74, 6) is 1.38. The molecule has 0 radical (unpaired) electrons. The Morgan fingerprint density at radius 3 is 2.58 bits per heavy atom. The SMILES string of the molecule is Oc1ccc2ccnc(Oc3ccc(Br)cc3)c2c1. The van der Waals surface area contributed by atoms with Gasteiger partial charge in [-0.15, -0.1) is 0 Å². The van der Waals surface area contributed by atoms with Gasteiger partial charge in [0.15, 0.2) is 0 Å². The molecular weight excluding hydrogens is 306 g/mol. The molecule has 4 heteroatoms. The minimum atomic E-state index is 0.196. The minimum Gasteiger partial charge on any atom is -0.508 e. The lowest BCUT2D eigenvalue weighted by molar-refractivity contribution is 0.465. The van der Waals surface area contributed by atoms with Gasteiger partial charge in [-0.05, 0) is 47.9 Å². The lowest BCUT2D eigenvalue weighted by atomic mass is 10.1. The number of hydrogen-bond donors (Lipinski definition) is 1. The van der Waals surface area contributed by atoms with Crippen LogP contribution in [0, 0.1) is 0 Å². The van der Waals surface area contributed by atoms with E-state index in [1.165, 1.54) is 0 Å². The van der Waals surface area contributed by atoms with Crippen LogP contribution in [-0.4, -0.2) is 10.1 Å². The zero-order valence-electron chi connectivity index (χ0n) is 9.88. The molecule has 1 heterocycles. The number of aromatic nitrogens is 1. The van der Waals surface area contributed by atoms with Crippen LogP contribution >= 0.6 is 15.9 Å². The van der Waals surface area contributed by atoms with E-state index in [1.807, 2.05) is 36.4 Å². The molecule has 0 bridgehead atoms. The summed E-state index contributed by atoms with van der Waals surface area (Å²) in [5, 5.41) is 11.3. The molecule has 0 saturated carbocycles. The number of ether oxygens (including phenoxy) is 1. The average Bonchev–Trinajstić information content (AvgIpc) is 2.42. The summed E-state index contributed by atoms with van der Waals surface area (Å²) in [5.41, 5.74) is 0. The lowest BCUT2D eigenvalue weighted by Gasteiger charge is -2.08. The highest BCUT2D eigenvalue weighted by Crippen LogP contribution is 2.30. The fourth-order valence-corrected chi connectivity index (χ4v) is 2.09.